The molecule has 1 aromatic heterocycles. The summed E-state index contributed by atoms with van der Waals surface area (Å²) in [4.78, 5) is 13.1. The highest BCUT2D eigenvalue weighted by Crippen LogP contribution is 2.56. The Morgan fingerprint density at radius 2 is 1.54 bits per heavy atom. The Balaban J connectivity index is 1.69. The summed E-state index contributed by atoms with van der Waals surface area (Å²) in [6.07, 6.45) is 7.47. The highest BCUT2D eigenvalue weighted by Gasteiger charge is 2.46. The molecule has 4 unspecified atom stereocenters. The third-order valence-electron chi connectivity index (χ3n) is 5.71. The third kappa shape index (κ3) is 1.92. The van der Waals surface area contributed by atoms with Crippen LogP contribution < -0.4 is 5.43 Å². The van der Waals surface area contributed by atoms with Gasteiger partial charge in [-0.05, 0) is 41.9 Å². The van der Waals surface area contributed by atoms with E-state index in [0.717, 1.165) is 12.0 Å². The maximum absolute atomic E-state index is 13.1. The SMILES string of the molecule is O=c1c(C2C3C=CC(C3)C2c2ccccc2)coc2ccccc12. The third-order valence-corrected chi connectivity index (χ3v) is 5.71. The maximum atomic E-state index is 13.1. The molecule has 3 aromatic rings. The molecule has 118 valence electrons. The molecule has 2 nitrogen and oxygen atoms in total. The number of fused-ring (bicyclic) bond motifs is 3. The van der Waals surface area contributed by atoms with E-state index >= 15 is 0 Å². The van der Waals surface area contributed by atoms with Gasteiger partial charge < -0.3 is 4.42 Å². The summed E-state index contributed by atoms with van der Waals surface area (Å²) in [5.41, 5.74) is 2.95. The van der Waals surface area contributed by atoms with Crippen LogP contribution in [-0.2, 0) is 0 Å². The molecule has 2 bridgehead atoms. The molecule has 0 N–H and O–H groups in total. The van der Waals surface area contributed by atoms with E-state index in [1.54, 1.807) is 6.26 Å². The number of benzene rings is 2. The van der Waals surface area contributed by atoms with Crippen molar-refractivity contribution < 1.29 is 4.42 Å². The molecule has 1 fully saturated rings. The Morgan fingerprint density at radius 3 is 2.38 bits per heavy atom. The summed E-state index contributed by atoms with van der Waals surface area (Å²) < 4.78 is 5.80. The van der Waals surface area contributed by atoms with Gasteiger partial charge in [-0.2, -0.15) is 0 Å². The van der Waals surface area contributed by atoms with Crippen LogP contribution in [0.5, 0.6) is 0 Å². The zero-order valence-electron chi connectivity index (χ0n) is 13.3. The second-order valence-corrected chi connectivity index (χ2v) is 6.93. The summed E-state index contributed by atoms with van der Waals surface area (Å²) in [5.74, 6) is 1.53. The maximum Gasteiger partial charge on any atom is 0.196 e. The second kappa shape index (κ2) is 5.20. The Kier molecular flexibility index (Phi) is 2.99. The first-order valence-electron chi connectivity index (χ1n) is 8.56. The van der Waals surface area contributed by atoms with Crippen molar-refractivity contribution in [2.24, 2.45) is 11.8 Å². The van der Waals surface area contributed by atoms with Gasteiger partial charge in [0.15, 0.2) is 5.43 Å². The average molecular weight is 314 g/mol. The number of rotatable bonds is 2. The fourth-order valence-electron chi connectivity index (χ4n) is 4.70. The van der Waals surface area contributed by atoms with Crippen LogP contribution in [0.1, 0.15) is 29.4 Å². The zero-order chi connectivity index (χ0) is 16.1. The van der Waals surface area contributed by atoms with Gasteiger partial charge in [-0.1, -0.05) is 54.6 Å². The van der Waals surface area contributed by atoms with Crippen molar-refractivity contribution >= 4 is 11.0 Å². The molecule has 2 heteroatoms. The molecule has 0 saturated heterocycles. The summed E-state index contributed by atoms with van der Waals surface area (Å²) in [7, 11) is 0. The Bertz CT molecular complexity index is 984. The summed E-state index contributed by atoms with van der Waals surface area (Å²) >= 11 is 0. The van der Waals surface area contributed by atoms with Gasteiger partial charge in [0.25, 0.3) is 0 Å². The Morgan fingerprint density at radius 1 is 0.833 bits per heavy atom. The van der Waals surface area contributed by atoms with Crippen LogP contribution in [0.25, 0.3) is 11.0 Å². The van der Waals surface area contributed by atoms with Crippen molar-refractivity contribution in [3.05, 3.63) is 94.4 Å². The average Bonchev–Trinajstić information content (AvgIpc) is 3.24. The fraction of sp³-hybridized carbons (Fsp3) is 0.227. The van der Waals surface area contributed by atoms with E-state index in [4.69, 9.17) is 4.42 Å². The van der Waals surface area contributed by atoms with Crippen molar-refractivity contribution in [3.8, 4) is 0 Å². The lowest BCUT2D eigenvalue weighted by Gasteiger charge is -2.28. The second-order valence-electron chi connectivity index (χ2n) is 6.93. The van der Waals surface area contributed by atoms with Crippen LogP contribution in [0.15, 0.2) is 82.2 Å². The molecule has 0 amide bonds. The molecular weight excluding hydrogens is 296 g/mol. The molecule has 0 spiro atoms. The van der Waals surface area contributed by atoms with Crippen molar-refractivity contribution in [1.29, 1.82) is 0 Å². The van der Waals surface area contributed by atoms with Gasteiger partial charge in [0.2, 0.25) is 0 Å². The van der Waals surface area contributed by atoms with Crippen LogP contribution in [0.3, 0.4) is 0 Å². The number of hydrogen-bond acceptors (Lipinski definition) is 2. The van der Waals surface area contributed by atoms with E-state index < -0.39 is 0 Å². The molecule has 1 saturated carbocycles. The molecule has 0 aliphatic heterocycles. The summed E-state index contributed by atoms with van der Waals surface area (Å²) in [6.45, 7) is 0. The van der Waals surface area contributed by atoms with E-state index in [2.05, 4.69) is 36.4 Å². The van der Waals surface area contributed by atoms with E-state index in [-0.39, 0.29) is 11.3 Å². The summed E-state index contributed by atoms with van der Waals surface area (Å²) in [5, 5.41) is 0.688. The number of para-hydroxylation sites is 1. The smallest absolute Gasteiger partial charge is 0.196 e. The van der Waals surface area contributed by atoms with Crippen molar-refractivity contribution in [2.75, 3.05) is 0 Å². The fourth-order valence-corrected chi connectivity index (χ4v) is 4.70. The highest BCUT2D eigenvalue weighted by molar-refractivity contribution is 5.76. The quantitative estimate of drug-likeness (QED) is 0.632. The molecule has 1 heterocycles. The van der Waals surface area contributed by atoms with E-state index in [1.165, 1.54) is 5.56 Å². The molecule has 2 aliphatic carbocycles. The highest BCUT2D eigenvalue weighted by atomic mass is 16.3. The van der Waals surface area contributed by atoms with Gasteiger partial charge in [0.05, 0.1) is 11.6 Å². The first-order valence-corrected chi connectivity index (χ1v) is 8.56. The normalized spacial score (nSPS) is 27.8. The lowest BCUT2D eigenvalue weighted by atomic mass is 9.75. The first kappa shape index (κ1) is 13.8. The molecule has 0 radical (unpaired) electrons. The van der Waals surface area contributed by atoms with E-state index in [9.17, 15) is 4.79 Å². The molecule has 4 atom stereocenters. The van der Waals surface area contributed by atoms with Crippen molar-refractivity contribution in [2.45, 2.75) is 18.3 Å². The van der Waals surface area contributed by atoms with Gasteiger partial charge in [-0.25, -0.2) is 0 Å². The van der Waals surface area contributed by atoms with Crippen molar-refractivity contribution in [1.82, 2.24) is 0 Å². The largest absolute Gasteiger partial charge is 0.464 e. The van der Waals surface area contributed by atoms with Gasteiger partial charge in [0.1, 0.15) is 5.58 Å². The molecule has 24 heavy (non-hydrogen) atoms. The zero-order valence-corrected chi connectivity index (χ0v) is 13.3. The van der Waals surface area contributed by atoms with Crippen molar-refractivity contribution in [3.63, 3.8) is 0 Å². The molecule has 2 aromatic carbocycles. The minimum Gasteiger partial charge on any atom is -0.464 e. The molecular formula is C22H18O2. The van der Waals surface area contributed by atoms with E-state index in [0.29, 0.717) is 28.7 Å². The summed E-state index contributed by atoms with van der Waals surface area (Å²) in [6, 6.07) is 18.1. The van der Waals surface area contributed by atoms with Crippen LogP contribution in [0.2, 0.25) is 0 Å². The lowest BCUT2D eigenvalue weighted by molar-refractivity contribution is 0.487. The Hall–Kier alpha value is -2.61. The topological polar surface area (TPSA) is 30.2 Å². The van der Waals surface area contributed by atoms with Gasteiger partial charge >= 0.3 is 0 Å². The first-order chi connectivity index (χ1) is 11.8. The monoisotopic (exact) mass is 314 g/mol. The lowest BCUT2D eigenvalue weighted by Crippen LogP contribution is -2.22. The predicted octanol–water partition coefficient (Wildman–Crippen LogP) is 4.87. The van der Waals surface area contributed by atoms with Crippen LogP contribution in [-0.4, -0.2) is 0 Å². The standard InChI is InChI=1S/C22H18O2/c23-22-17-8-4-5-9-19(17)24-13-18(22)21-16-11-10-15(12-16)20(21)14-6-2-1-3-7-14/h1-11,13,15-16,20-21H,12H2. The van der Waals surface area contributed by atoms with Crippen LogP contribution in [0.4, 0.5) is 0 Å². The Labute approximate surface area is 140 Å². The van der Waals surface area contributed by atoms with Gasteiger partial charge in [-0.15, -0.1) is 0 Å². The predicted molar refractivity (Wildman–Crippen MR) is 95.1 cm³/mol. The van der Waals surface area contributed by atoms with E-state index in [1.807, 2.05) is 30.3 Å². The van der Waals surface area contributed by atoms with Gasteiger partial charge in [0, 0.05) is 11.5 Å². The van der Waals surface area contributed by atoms with Crippen LogP contribution in [0, 0.1) is 11.8 Å². The van der Waals surface area contributed by atoms with Crippen LogP contribution >= 0.6 is 0 Å². The van der Waals surface area contributed by atoms with Gasteiger partial charge in [-0.3, -0.25) is 4.79 Å². The number of hydrogen-bond donors (Lipinski definition) is 0. The number of allylic oxidation sites excluding steroid dienone is 2. The minimum atomic E-state index is 0.128. The molecule has 2 aliphatic rings. The molecule has 5 rings (SSSR count). The minimum absolute atomic E-state index is 0.128.